The van der Waals surface area contributed by atoms with Gasteiger partial charge in [0.1, 0.15) is 5.82 Å². The lowest BCUT2D eigenvalue weighted by atomic mass is 10.0. The van der Waals surface area contributed by atoms with Gasteiger partial charge < -0.3 is 0 Å². The number of benzene rings is 2. The molecule has 0 bridgehead atoms. The van der Waals surface area contributed by atoms with Crippen LogP contribution in [0.5, 0.6) is 0 Å². The summed E-state index contributed by atoms with van der Waals surface area (Å²) >= 11 is 3.18. The number of carbonyl (C=O) groups excluding carboxylic acids is 1. The van der Waals surface area contributed by atoms with Gasteiger partial charge in [-0.15, -0.1) is 0 Å². The summed E-state index contributed by atoms with van der Waals surface area (Å²) in [4.78, 5) is 12.0. The molecule has 21 heavy (non-hydrogen) atoms. The lowest BCUT2D eigenvalue weighted by molar-refractivity contribution is -0.137. The summed E-state index contributed by atoms with van der Waals surface area (Å²) in [6.07, 6.45) is -4.69. The van der Waals surface area contributed by atoms with Crippen molar-refractivity contribution in [3.05, 3.63) is 69.4 Å². The SMILES string of the molecule is O=C(Cc1cc(F)ccc1Br)c1cccc(C(F)(F)F)c1. The van der Waals surface area contributed by atoms with E-state index in [4.69, 9.17) is 0 Å². The van der Waals surface area contributed by atoms with Gasteiger partial charge in [-0.2, -0.15) is 13.2 Å². The van der Waals surface area contributed by atoms with Crippen molar-refractivity contribution in [3.8, 4) is 0 Å². The Bertz CT molecular complexity index is 680. The van der Waals surface area contributed by atoms with E-state index in [2.05, 4.69) is 15.9 Å². The molecule has 2 rings (SSSR count). The van der Waals surface area contributed by atoms with Gasteiger partial charge in [-0.3, -0.25) is 4.79 Å². The number of rotatable bonds is 3. The zero-order chi connectivity index (χ0) is 15.6. The second-order valence-corrected chi connectivity index (χ2v) is 5.27. The first-order chi connectivity index (χ1) is 9.77. The van der Waals surface area contributed by atoms with Gasteiger partial charge in [0.25, 0.3) is 0 Å². The zero-order valence-electron chi connectivity index (χ0n) is 10.5. The monoisotopic (exact) mass is 360 g/mol. The first kappa shape index (κ1) is 15.7. The van der Waals surface area contributed by atoms with Crippen LogP contribution in [0.25, 0.3) is 0 Å². The topological polar surface area (TPSA) is 17.1 Å². The van der Waals surface area contributed by atoms with E-state index in [1.165, 1.54) is 30.3 Å². The van der Waals surface area contributed by atoms with Gasteiger partial charge in [0.15, 0.2) is 5.78 Å². The van der Waals surface area contributed by atoms with E-state index in [0.29, 0.717) is 10.0 Å². The lowest BCUT2D eigenvalue weighted by Gasteiger charge is -2.09. The second kappa shape index (κ2) is 5.97. The molecule has 1 nitrogen and oxygen atoms in total. The summed E-state index contributed by atoms with van der Waals surface area (Å²) in [6.45, 7) is 0. The van der Waals surface area contributed by atoms with E-state index < -0.39 is 23.3 Å². The highest BCUT2D eigenvalue weighted by Crippen LogP contribution is 2.30. The minimum Gasteiger partial charge on any atom is -0.294 e. The Hall–Kier alpha value is -1.69. The number of alkyl halides is 3. The van der Waals surface area contributed by atoms with Gasteiger partial charge in [-0.1, -0.05) is 28.1 Å². The fraction of sp³-hybridized carbons (Fsp3) is 0.133. The molecule has 110 valence electrons. The van der Waals surface area contributed by atoms with E-state index in [1.54, 1.807) is 0 Å². The highest BCUT2D eigenvalue weighted by atomic mass is 79.9. The molecule has 6 heteroatoms. The molecule has 0 radical (unpaired) electrons. The van der Waals surface area contributed by atoms with Gasteiger partial charge in [0.2, 0.25) is 0 Å². The summed E-state index contributed by atoms with van der Waals surface area (Å²) < 4.78 is 51.5. The van der Waals surface area contributed by atoms with E-state index >= 15 is 0 Å². The van der Waals surface area contributed by atoms with E-state index in [1.807, 2.05) is 0 Å². The molecule has 0 saturated heterocycles. The van der Waals surface area contributed by atoms with Crippen molar-refractivity contribution < 1.29 is 22.4 Å². The van der Waals surface area contributed by atoms with Crippen LogP contribution in [0.2, 0.25) is 0 Å². The van der Waals surface area contributed by atoms with Gasteiger partial charge in [0, 0.05) is 16.5 Å². The Morgan fingerprint density at radius 3 is 2.48 bits per heavy atom. The molecule has 2 aromatic carbocycles. The standard InChI is InChI=1S/C15H9BrF4O/c16-13-5-4-12(17)7-10(13)8-14(21)9-2-1-3-11(6-9)15(18,19)20/h1-7H,8H2. The zero-order valence-corrected chi connectivity index (χ0v) is 12.1. The smallest absolute Gasteiger partial charge is 0.294 e. The highest BCUT2D eigenvalue weighted by molar-refractivity contribution is 9.10. The van der Waals surface area contributed by atoms with Crippen molar-refractivity contribution in [1.29, 1.82) is 0 Å². The predicted molar refractivity (Wildman–Crippen MR) is 73.6 cm³/mol. The van der Waals surface area contributed by atoms with Crippen LogP contribution in [0, 0.1) is 5.82 Å². The van der Waals surface area contributed by atoms with Crippen molar-refractivity contribution >= 4 is 21.7 Å². The van der Waals surface area contributed by atoms with E-state index in [9.17, 15) is 22.4 Å². The van der Waals surface area contributed by atoms with Gasteiger partial charge in [0.05, 0.1) is 5.56 Å². The molecule has 0 aliphatic carbocycles. The highest BCUT2D eigenvalue weighted by Gasteiger charge is 2.30. The average Bonchev–Trinajstić information content (AvgIpc) is 2.42. The van der Waals surface area contributed by atoms with Crippen molar-refractivity contribution in [3.63, 3.8) is 0 Å². The first-order valence-electron chi connectivity index (χ1n) is 5.92. The Morgan fingerprint density at radius 1 is 1.10 bits per heavy atom. The fourth-order valence-corrected chi connectivity index (χ4v) is 2.21. The number of Topliss-reactive ketones (excluding diaryl/α,β-unsaturated/α-hetero) is 1. The van der Waals surface area contributed by atoms with Crippen LogP contribution < -0.4 is 0 Å². The third-order valence-electron chi connectivity index (χ3n) is 2.87. The third kappa shape index (κ3) is 3.91. The maximum absolute atomic E-state index is 13.1. The van der Waals surface area contributed by atoms with Crippen molar-refractivity contribution in [2.75, 3.05) is 0 Å². The fourth-order valence-electron chi connectivity index (χ4n) is 1.82. The second-order valence-electron chi connectivity index (χ2n) is 4.41. The summed E-state index contributed by atoms with van der Waals surface area (Å²) in [5.41, 5.74) is -0.551. The molecule has 0 unspecified atom stereocenters. The Kier molecular flexibility index (Phi) is 4.46. The molecule has 0 saturated carbocycles. The maximum atomic E-state index is 13.1. The third-order valence-corrected chi connectivity index (χ3v) is 3.64. The van der Waals surface area contributed by atoms with Crippen molar-refractivity contribution in [2.24, 2.45) is 0 Å². The molecule has 0 aliphatic heterocycles. The Labute approximate surface area is 126 Å². The average molecular weight is 361 g/mol. The molecular weight excluding hydrogens is 352 g/mol. The van der Waals surface area contributed by atoms with Crippen LogP contribution in [0.3, 0.4) is 0 Å². The number of hydrogen-bond donors (Lipinski definition) is 0. The number of ketones is 1. The quantitative estimate of drug-likeness (QED) is 0.554. The van der Waals surface area contributed by atoms with E-state index in [-0.39, 0.29) is 12.0 Å². The van der Waals surface area contributed by atoms with Crippen molar-refractivity contribution in [1.82, 2.24) is 0 Å². The molecule has 0 heterocycles. The number of hydrogen-bond acceptors (Lipinski definition) is 1. The molecular formula is C15H9BrF4O. The van der Waals surface area contributed by atoms with Crippen molar-refractivity contribution in [2.45, 2.75) is 12.6 Å². The van der Waals surface area contributed by atoms with E-state index in [0.717, 1.165) is 12.1 Å². The lowest BCUT2D eigenvalue weighted by Crippen LogP contribution is -2.09. The molecule has 0 spiro atoms. The molecule has 2 aromatic rings. The summed E-state index contributed by atoms with van der Waals surface area (Å²) in [6, 6.07) is 8.04. The molecule has 0 atom stereocenters. The summed E-state index contributed by atoms with van der Waals surface area (Å²) in [7, 11) is 0. The van der Waals surface area contributed by atoms with Crippen LogP contribution in [0.15, 0.2) is 46.9 Å². The van der Waals surface area contributed by atoms with Crippen LogP contribution in [0.4, 0.5) is 17.6 Å². The molecule has 0 aromatic heterocycles. The van der Waals surface area contributed by atoms with Crippen LogP contribution in [-0.2, 0) is 12.6 Å². The minimum absolute atomic E-state index is 0.0546. The largest absolute Gasteiger partial charge is 0.416 e. The molecule has 0 aliphatic rings. The first-order valence-corrected chi connectivity index (χ1v) is 6.71. The predicted octanol–water partition coefficient (Wildman–Crippen LogP) is 5.03. The Morgan fingerprint density at radius 2 is 1.81 bits per heavy atom. The van der Waals surface area contributed by atoms with Crippen LogP contribution >= 0.6 is 15.9 Å². The normalized spacial score (nSPS) is 11.5. The summed E-state index contributed by atoms with van der Waals surface area (Å²) in [5, 5.41) is 0. The Balaban J connectivity index is 2.27. The van der Waals surface area contributed by atoms with Gasteiger partial charge in [-0.25, -0.2) is 4.39 Å². The molecule has 0 fully saturated rings. The number of carbonyl (C=O) groups is 1. The van der Waals surface area contributed by atoms with Gasteiger partial charge in [-0.05, 0) is 35.9 Å². The molecule has 0 amide bonds. The number of halogens is 5. The molecule has 0 N–H and O–H groups in total. The van der Waals surface area contributed by atoms with Gasteiger partial charge >= 0.3 is 6.18 Å². The minimum atomic E-state index is -4.50. The maximum Gasteiger partial charge on any atom is 0.416 e. The van der Waals surface area contributed by atoms with Crippen LogP contribution in [-0.4, -0.2) is 5.78 Å². The summed E-state index contributed by atoms with van der Waals surface area (Å²) in [5.74, 6) is -1.02. The van der Waals surface area contributed by atoms with Crippen LogP contribution in [0.1, 0.15) is 21.5 Å².